The minimum Gasteiger partial charge on any atom is -0.310 e. The van der Waals surface area contributed by atoms with Gasteiger partial charge < -0.3 is 5.32 Å². The summed E-state index contributed by atoms with van der Waals surface area (Å²) < 4.78 is 0. The van der Waals surface area contributed by atoms with Gasteiger partial charge in [0.1, 0.15) is 0 Å². The van der Waals surface area contributed by atoms with Gasteiger partial charge in [-0.2, -0.15) is 0 Å². The van der Waals surface area contributed by atoms with E-state index >= 15 is 0 Å². The van der Waals surface area contributed by atoms with Crippen LogP contribution in [0.4, 0.5) is 0 Å². The van der Waals surface area contributed by atoms with Crippen molar-refractivity contribution in [2.45, 2.75) is 46.6 Å². The van der Waals surface area contributed by atoms with Crippen molar-refractivity contribution in [2.24, 2.45) is 0 Å². The standard InChI is InChI=1S/C19H26N2/c1-5-10-20-19(17-9-8-16(4)21-13-17)12-18-11-14(2)6-7-15(18)3/h6-9,11,13,19-20H,5,10,12H2,1-4H3. The Kier molecular flexibility index (Phi) is 5.51. The average Bonchev–Trinajstić information content (AvgIpc) is 2.48. The van der Waals surface area contributed by atoms with Crippen LogP contribution in [0.25, 0.3) is 0 Å². The molecule has 2 rings (SSSR count). The molecule has 1 aromatic heterocycles. The molecule has 0 aliphatic heterocycles. The monoisotopic (exact) mass is 282 g/mol. The minimum absolute atomic E-state index is 0.332. The maximum atomic E-state index is 4.45. The highest BCUT2D eigenvalue weighted by Gasteiger charge is 2.13. The summed E-state index contributed by atoms with van der Waals surface area (Å²) in [6.45, 7) is 9.62. The minimum atomic E-state index is 0.332. The zero-order chi connectivity index (χ0) is 15.2. The second-order valence-electron chi connectivity index (χ2n) is 5.87. The third kappa shape index (κ3) is 4.40. The van der Waals surface area contributed by atoms with Crippen LogP contribution in [0.5, 0.6) is 0 Å². The Balaban J connectivity index is 2.23. The van der Waals surface area contributed by atoms with Gasteiger partial charge in [0.25, 0.3) is 0 Å². The molecule has 0 amide bonds. The first kappa shape index (κ1) is 15.7. The molecule has 0 aliphatic carbocycles. The molecule has 2 aromatic rings. The van der Waals surface area contributed by atoms with Gasteiger partial charge in [-0.1, -0.05) is 36.8 Å². The van der Waals surface area contributed by atoms with Crippen molar-refractivity contribution >= 4 is 0 Å². The van der Waals surface area contributed by atoms with Crippen LogP contribution in [0.1, 0.15) is 47.3 Å². The van der Waals surface area contributed by atoms with E-state index in [0.717, 1.165) is 25.1 Å². The number of nitrogens with one attached hydrogen (secondary N) is 1. The van der Waals surface area contributed by atoms with E-state index in [1.165, 1.54) is 22.3 Å². The van der Waals surface area contributed by atoms with Crippen LogP contribution in [0, 0.1) is 20.8 Å². The summed E-state index contributed by atoms with van der Waals surface area (Å²) in [5, 5.41) is 3.66. The summed E-state index contributed by atoms with van der Waals surface area (Å²) in [5.41, 5.74) is 6.45. The Bertz CT molecular complexity index is 573. The highest BCUT2D eigenvalue weighted by atomic mass is 14.9. The molecule has 0 aliphatic rings. The lowest BCUT2D eigenvalue weighted by molar-refractivity contribution is 0.527. The predicted octanol–water partition coefficient (Wildman–Crippen LogP) is 4.29. The van der Waals surface area contributed by atoms with Gasteiger partial charge in [0.2, 0.25) is 0 Å². The van der Waals surface area contributed by atoms with Crippen LogP contribution in [-0.2, 0) is 6.42 Å². The number of hydrogen-bond donors (Lipinski definition) is 1. The van der Waals surface area contributed by atoms with Crippen molar-refractivity contribution in [1.82, 2.24) is 10.3 Å². The van der Waals surface area contributed by atoms with Crippen LogP contribution >= 0.6 is 0 Å². The summed E-state index contributed by atoms with van der Waals surface area (Å²) >= 11 is 0. The number of aryl methyl sites for hydroxylation is 3. The molecule has 2 nitrogen and oxygen atoms in total. The number of pyridine rings is 1. The van der Waals surface area contributed by atoms with E-state index in [9.17, 15) is 0 Å². The number of benzene rings is 1. The summed E-state index contributed by atoms with van der Waals surface area (Å²) in [6, 6.07) is 11.3. The van der Waals surface area contributed by atoms with Crippen molar-refractivity contribution in [2.75, 3.05) is 6.54 Å². The van der Waals surface area contributed by atoms with Gasteiger partial charge in [-0.25, -0.2) is 0 Å². The Hall–Kier alpha value is -1.67. The SMILES string of the molecule is CCCNC(Cc1cc(C)ccc1C)c1ccc(C)nc1. The lowest BCUT2D eigenvalue weighted by atomic mass is 9.95. The van der Waals surface area contributed by atoms with Gasteiger partial charge in [-0.3, -0.25) is 4.98 Å². The Morgan fingerprint density at radius 2 is 1.90 bits per heavy atom. The van der Waals surface area contributed by atoms with E-state index in [1.54, 1.807) is 0 Å². The topological polar surface area (TPSA) is 24.9 Å². The second-order valence-corrected chi connectivity index (χ2v) is 5.87. The number of rotatable bonds is 6. The predicted molar refractivity (Wildman–Crippen MR) is 89.6 cm³/mol. The highest BCUT2D eigenvalue weighted by molar-refractivity contribution is 5.32. The Morgan fingerprint density at radius 1 is 1.10 bits per heavy atom. The molecule has 112 valence electrons. The van der Waals surface area contributed by atoms with E-state index in [4.69, 9.17) is 0 Å². The van der Waals surface area contributed by atoms with Crippen LogP contribution in [0.3, 0.4) is 0 Å². The lowest BCUT2D eigenvalue weighted by Crippen LogP contribution is -2.24. The van der Waals surface area contributed by atoms with E-state index in [-0.39, 0.29) is 0 Å². The molecular formula is C19H26N2. The fourth-order valence-electron chi connectivity index (χ4n) is 2.55. The first-order valence-electron chi connectivity index (χ1n) is 7.82. The normalized spacial score (nSPS) is 12.4. The van der Waals surface area contributed by atoms with Gasteiger partial charge in [-0.05, 0) is 62.9 Å². The molecule has 0 fully saturated rings. The van der Waals surface area contributed by atoms with Gasteiger partial charge >= 0.3 is 0 Å². The summed E-state index contributed by atoms with van der Waals surface area (Å²) in [6.07, 6.45) is 4.16. The zero-order valence-corrected chi connectivity index (χ0v) is 13.6. The molecule has 1 N–H and O–H groups in total. The van der Waals surface area contributed by atoms with E-state index < -0.39 is 0 Å². The molecule has 0 saturated heterocycles. The molecule has 1 heterocycles. The van der Waals surface area contributed by atoms with Crippen LogP contribution < -0.4 is 5.32 Å². The van der Waals surface area contributed by atoms with Gasteiger partial charge in [0.15, 0.2) is 0 Å². The van der Waals surface area contributed by atoms with E-state index in [0.29, 0.717) is 6.04 Å². The zero-order valence-electron chi connectivity index (χ0n) is 13.6. The maximum Gasteiger partial charge on any atom is 0.0376 e. The molecule has 0 saturated carbocycles. The molecule has 0 bridgehead atoms. The van der Waals surface area contributed by atoms with Gasteiger partial charge in [0.05, 0.1) is 0 Å². The van der Waals surface area contributed by atoms with Crippen LogP contribution in [0.2, 0.25) is 0 Å². The average molecular weight is 282 g/mol. The first-order valence-corrected chi connectivity index (χ1v) is 7.82. The smallest absolute Gasteiger partial charge is 0.0376 e. The van der Waals surface area contributed by atoms with Crippen LogP contribution in [-0.4, -0.2) is 11.5 Å². The number of hydrogen-bond acceptors (Lipinski definition) is 2. The van der Waals surface area contributed by atoms with Crippen molar-refractivity contribution in [3.8, 4) is 0 Å². The third-order valence-electron chi connectivity index (χ3n) is 3.91. The molecule has 1 aromatic carbocycles. The molecule has 21 heavy (non-hydrogen) atoms. The number of aromatic nitrogens is 1. The van der Waals surface area contributed by atoms with Gasteiger partial charge in [-0.15, -0.1) is 0 Å². The fourth-order valence-corrected chi connectivity index (χ4v) is 2.55. The lowest BCUT2D eigenvalue weighted by Gasteiger charge is -2.20. The maximum absolute atomic E-state index is 4.45. The second kappa shape index (κ2) is 7.37. The van der Waals surface area contributed by atoms with Crippen LogP contribution in [0.15, 0.2) is 36.5 Å². The van der Waals surface area contributed by atoms with Crippen molar-refractivity contribution in [1.29, 1.82) is 0 Å². The molecule has 0 spiro atoms. The van der Waals surface area contributed by atoms with Crippen molar-refractivity contribution < 1.29 is 0 Å². The Labute approximate surface area is 128 Å². The van der Waals surface area contributed by atoms with Crippen molar-refractivity contribution in [3.63, 3.8) is 0 Å². The molecular weight excluding hydrogens is 256 g/mol. The first-order chi connectivity index (χ1) is 10.1. The highest BCUT2D eigenvalue weighted by Crippen LogP contribution is 2.21. The quantitative estimate of drug-likeness (QED) is 0.855. The van der Waals surface area contributed by atoms with Gasteiger partial charge in [0, 0.05) is 17.9 Å². The summed E-state index contributed by atoms with van der Waals surface area (Å²) in [7, 11) is 0. The van der Waals surface area contributed by atoms with Crippen molar-refractivity contribution in [3.05, 3.63) is 64.5 Å². The van der Waals surface area contributed by atoms with E-state index in [2.05, 4.69) is 61.4 Å². The van der Waals surface area contributed by atoms with E-state index in [1.807, 2.05) is 13.1 Å². The fraction of sp³-hybridized carbons (Fsp3) is 0.421. The third-order valence-corrected chi connectivity index (χ3v) is 3.91. The molecule has 1 unspecified atom stereocenters. The largest absolute Gasteiger partial charge is 0.310 e. The molecule has 2 heteroatoms. The molecule has 1 atom stereocenters. The Morgan fingerprint density at radius 3 is 2.57 bits per heavy atom. The number of nitrogens with zero attached hydrogens (tertiary/aromatic N) is 1. The summed E-state index contributed by atoms with van der Waals surface area (Å²) in [4.78, 5) is 4.45. The molecule has 0 radical (unpaired) electrons. The summed E-state index contributed by atoms with van der Waals surface area (Å²) in [5.74, 6) is 0.